The SMILES string of the molecule is COc1ccccc1CSc1ccc(N2CCC[C@@H]2C(N)=O)cc1. The Kier molecular flexibility index (Phi) is 5.30. The molecule has 0 unspecified atom stereocenters. The van der Waals surface area contributed by atoms with Gasteiger partial charge in [0.1, 0.15) is 11.8 Å². The van der Waals surface area contributed by atoms with E-state index in [1.165, 1.54) is 10.5 Å². The molecule has 1 fully saturated rings. The Bertz CT molecular complexity index is 703. The molecule has 24 heavy (non-hydrogen) atoms. The largest absolute Gasteiger partial charge is 0.496 e. The van der Waals surface area contributed by atoms with Crippen LogP contribution in [0.15, 0.2) is 53.4 Å². The van der Waals surface area contributed by atoms with E-state index in [1.807, 2.05) is 18.2 Å². The minimum Gasteiger partial charge on any atom is -0.496 e. The summed E-state index contributed by atoms with van der Waals surface area (Å²) >= 11 is 1.77. The predicted octanol–water partition coefficient (Wildman–Crippen LogP) is 3.44. The van der Waals surface area contributed by atoms with Crippen molar-refractivity contribution in [2.24, 2.45) is 5.73 Å². The van der Waals surface area contributed by atoms with Crippen LogP contribution < -0.4 is 15.4 Å². The minimum absolute atomic E-state index is 0.169. The van der Waals surface area contributed by atoms with Gasteiger partial charge in [-0.1, -0.05) is 18.2 Å². The zero-order chi connectivity index (χ0) is 16.9. The predicted molar refractivity (Wildman–Crippen MR) is 98.6 cm³/mol. The highest BCUT2D eigenvalue weighted by molar-refractivity contribution is 7.98. The molecule has 0 bridgehead atoms. The first-order valence-corrected chi connectivity index (χ1v) is 9.08. The monoisotopic (exact) mass is 342 g/mol. The first kappa shape index (κ1) is 16.7. The van der Waals surface area contributed by atoms with Crippen LogP contribution >= 0.6 is 11.8 Å². The van der Waals surface area contributed by atoms with Gasteiger partial charge >= 0.3 is 0 Å². The van der Waals surface area contributed by atoms with Gasteiger partial charge in [-0.2, -0.15) is 0 Å². The zero-order valence-corrected chi connectivity index (χ0v) is 14.6. The molecule has 1 aliphatic rings. The van der Waals surface area contributed by atoms with Crippen LogP contribution in [0.3, 0.4) is 0 Å². The summed E-state index contributed by atoms with van der Waals surface area (Å²) in [5.41, 5.74) is 7.75. The molecule has 0 aromatic heterocycles. The van der Waals surface area contributed by atoms with E-state index in [1.54, 1.807) is 18.9 Å². The number of anilines is 1. The highest BCUT2D eigenvalue weighted by atomic mass is 32.2. The summed E-state index contributed by atoms with van der Waals surface area (Å²) in [5.74, 6) is 1.54. The molecular formula is C19H22N2O2S. The van der Waals surface area contributed by atoms with Crippen molar-refractivity contribution >= 4 is 23.4 Å². The number of carbonyl (C=O) groups is 1. The normalized spacial score (nSPS) is 17.0. The second kappa shape index (κ2) is 7.62. The van der Waals surface area contributed by atoms with Crippen LogP contribution in [0, 0.1) is 0 Å². The number of rotatable bonds is 6. The van der Waals surface area contributed by atoms with Crippen molar-refractivity contribution in [1.82, 2.24) is 0 Å². The molecular weight excluding hydrogens is 320 g/mol. The number of carbonyl (C=O) groups excluding carboxylic acids is 1. The highest BCUT2D eigenvalue weighted by Gasteiger charge is 2.28. The first-order chi connectivity index (χ1) is 11.7. The van der Waals surface area contributed by atoms with E-state index in [0.29, 0.717) is 0 Å². The lowest BCUT2D eigenvalue weighted by Crippen LogP contribution is -2.40. The number of amides is 1. The van der Waals surface area contributed by atoms with Crippen molar-refractivity contribution in [3.05, 3.63) is 54.1 Å². The average molecular weight is 342 g/mol. The molecule has 4 nitrogen and oxygen atoms in total. The summed E-state index contributed by atoms with van der Waals surface area (Å²) in [5, 5.41) is 0. The number of methoxy groups -OCH3 is 1. The number of thioether (sulfide) groups is 1. The van der Waals surface area contributed by atoms with Gasteiger partial charge in [0.25, 0.3) is 0 Å². The summed E-state index contributed by atoms with van der Waals surface area (Å²) in [7, 11) is 1.70. The second-order valence-corrected chi connectivity index (χ2v) is 6.90. The number of nitrogens with zero attached hydrogens (tertiary/aromatic N) is 1. The zero-order valence-electron chi connectivity index (χ0n) is 13.8. The molecule has 0 aliphatic carbocycles. The van der Waals surface area contributed by atoms with Gasteiger partial charge in [-0.05, 0) is 43.2 Å². The number of nitrogens with two attached hydrogens (primary N) is 1. The molecule has 0 spiro atoms. The summed E-state index contributed by atoms with van der Waals surface area (Å²) < 4.78 is 5.39. The third kappa shape index (κ3) is 3.67. The highest BCUT2D eigenvalue weighted by Crippen LogP contribution is 2.31. The van der Waals surface area contributed by atoms with Gasteiger partial charge < -0.3 is 15.4 Å². The number of hydrogen-bond donors (Lipinski definition) is 1. The van der Waals surface area contributed by atoms with E-state index in [0.717, 1.165) is 36.6 Å². The molecule has 3 rings (SSSR count). The molecule has 126 valence electrons. The van der Waals surface area contributed by atoms with Gasteiger partial charge in [-0.15, -0.1) is 11.8 Å². The van der Waals surface area contributed by atoms with Crippen molar-refractivity contribution in [1.29, 1.82) is 0 Å². The number of ether oxygens (including phenoxy) is 1. The van der Waals surface area contributed by atoms with Crippen molar-refractivity contribution < 1.29 is 9.53 Å². The lowest BCUT2D eigenvalue weighted by Gasteiger charge is -2.24. The van der Waals surface area contributed by atoms with E-state index in [9.17, 15) is 4.79 Å². The van der Waals surface area contributed by atoms with Crippen molar-refractivity contribution in [2.45, 2.75) is 29.5 Å². The lowest BCUT2D eigenvalue weighted by molar-refractivity contribution is -0.119. The van der Waals surface area contributed by atoms with Gasteiger partial charge in [-0.25, -0.2) is 0 Å². The summed E-state index contributed by atoms with van der Waals surface area (Å²) in [6.07, 6.45) is 1.86. The second-order valence-electron chi connectivity index (χ2n) is 5.85. The van der Waals surface area contributed by atoms with Crippen LogP contribution in [-0.2, 0) is 10.5 Å². The molecule has 1 amide bonds. The molecule has 5 heteroatoms. The molecule has 1 heterocycles. The molecule has 2 N–H and O–H groups in total. The van der Waals surface area contributed by atoms with Crippen molar-refractivity contribution in [2.75, 3.05) is 18.6 Å². The van der Waals surface area contributed by atoms with E-state index in [2.05, 4.69) is 35.2 Å². The number of benzene rings is 2. The topological polar surface area (TPSA) is 55.6 Å². The van der Waals surface area contributed by atoms with Crippen molar-refractivity contribution in [3.63, 3.8) is 0 Å². The van der Waals surface area contributed by atoms with Gasteiger partial charge in [0.15, 0.2) is 0 Å². The number of para-hydroxylation sites is 1. The van der Waals surface area contributed by atoms with Crippen molar-refractivity contribution in [3.8, 4) is 5.75 Å². The minimum atomic E-state index is -0.234. The molecule has 1 atom stereocenters. The molecule has 1 saturated heterocycles. The number of primary amides is 1. The first-order valence-electron chi connectivity index (χ1n) is 8.10. The summed E-state index contributed by atoms with van der Waals surface area (Å²) in [6, 6.07) is 16.3. The van der Waals surface area contributed by atoms with Gasteiger partial charge in [0.2, 0.25) is 5.91 Å². The third-order valence-corrected chi connectivity index (χ3v) is 5.40. The summed E-state index contributed by atoms with van der Waals surface area (Å²) in [4.78, 5) is 14.8. The fourth-order valence-corrected chi connectivity index (χ4v) is 3.98. The van der Waals surface area contributed by atoms with Crippen LogP contribution in [0.2, 0.25) is 0 Å². The van der Waals surface area contributed by atoms with Gasteiger partial charge in [0.05, 0.1) is 7.11 Å². The van der Waals surface area contributed by atoms with E-state index >= 15 is 0 Å². The third-order valence-electron chi connectivity index (χ3n) is 4.34. The van der Waals surface area contributed by atoms with Crippen LogP contribution in [0.25, 0.3) is 0 Å². The lowest BCUT2D eigenvalue weighted by atomic mass is 10.2. The Balaban J connectivity index is 1.65. The maximum atomic E-state index is 11.5. The van der Waals surface area contributed by atoms with E-state index < -0.39 is 0 Å². The average Bonchev–Trinajstić information content (AvgIpc) is 3.10. The van der Waals surface area contributed by atoms with Crippen LogP contribution in [-0.4, -0.2) is 25.6 Å². The molecule has 0 radical (unpaired) electrons. The fourth-order valence-electron chi connectivity index (χ4n) is 3.09. The van der Waals surface area contributed by atoms with Gasteiger partial charge in [-0.3, -0.25) is 4.79 Å². The maximum absolute atomic E-state index is 11.5. The maximum Gasteiger partial charge on any atom is 0.240 e. The Morgan fingerprint density at radius 3 is 2.71 bits per heavy atom. The Hall–Kier alpha value is -2.14. The Morgan fingerprint density at radius 2 is 2.00 bits per heavy atom. The standard InChI is InChI=1S/C19H22N2O2S/c1-23-18-7-3-2-5-14(18)13-24-16-10-8-15(9-11-16)21-12-4-6-17(21)19(20)22/h2-3,5,7-11,17H,4,6,12-13H2,1H3,(H2,20,22)/t17-/m1/s1. The smallest absolute Gasteiger partial charge is 0.240 e. The van der Waals surface area contributed by atoms with Crippen LogP contribution in [0.5, 0.6) is 5.75 Å². The molecule has 2 aromatic carbocycles. The summed E-state index contributed by atoms with van der Waals surface area (Å²) in [6.45, 7) is 0.890. The van der Waals surface area contributed by atoms with E-state index in [-0.39, 0.29) is 11.9 Å². The van der Waals surface area contributed by atoms with Crippen LogP contribution in [0.1, 0.15) is 18.4 Å². The quantitative estimate of drug-likeness (QED) is 0.817. The van der Waals surface area contributed by atoms with Crippen LogP contribution in [0.4, 0.5) is 5.69 Å². The number of hydrogen-bond acceptors (Lipinski definition) is 4. The fraction of sp³-hybridized carbons (Fsp3) is 0.316. The Labute approximate surface area is 147 Å². The molecule has 2 aromatic rings. The molecule has 1 aliphatic heterocycles. The Morgan fingerprint density at radius 1 is 1.25 bits per heavy atom. The molecule has 0 saturated carbocycles. The van der Waals surface area contributed by atoms with Gasteiger partial charge in [0, 0.05) is 28.4 Å². The van der Waals surface area contributed by atoms with E-state index in [4.69, 9.17) is 10.5 Å².